The Kier molecular flexibility index (Phi) is 4.07. The van der Waals surface area contributed by atoms with E-state index in [2.05, 4.69) is 20.9 Å². The normalized spacial score (nSPS) is 10.3. The van der Waals surface area contributed by atoms with Crippen LogP contribution in [0.3, 0.4) is 0 Å². The van der Waals surface area contributed by atoms with E-state index in [1.54, 1.807) is 25.1 Å². The second-order valence-electron chi connectivity index (χ2n) is 3.76. The van der Waals surface area contributed by atoms with Crippen LogP contribution in [0.2, 0.25) is 5.02 Å². The van der Waals surface area contributed by atoms with Crippen LogP contribution in [0.1, 0.15) is 16.1 Å². The molecule has 0 atom stereocenters. The minimum absolute atomic E-state index is 0.155. The number of carboxylic acid groups (broad SMARTS) is 1. The Balaban J connectivity index is 2.29. The van der Waals surface area contributed by atoms with Crippen molar-refractivity contribution in [1.82, 2.24) is 4.98 Å². The van der Waals surface area contributed by atoms with E-state index in [0.717, 1.165) is 0 Å². The standard InChI is InChI=1S/C13H9BrClNO3/c1-7-9(13(17)18)3-5-12(16-7)19-11-4-2-8(15)6-10(11)14/h2-6H,1H3,(H,17,18). The van der Waals surface area contributed by atoms with Gasteiger partial charge in [0.1, 0.15) is 5.75 Å². The van der Waals surface area contributed by atoms with E-state index in [1.807, 2.05) is 0 Å². The topological polar surface area (TPSA) is 59.4 Å². The van der Waals surface area contributed by atoms with Crippen molar-refractivity contribution in [2.24, 2.45) is 0 Å². The Morgan fingerprint density at radius 2 is 2.11 bits per heavy atom. The van der Waals surface area contributed by atoms with Gasteiger partial charge in [0.05, 0.1) is 15.7 Å². The molecular formula is C13H9BrClNO3. The summed E-state index contributed by atoms with van der Waals surface area (Å²) < 4.78 is 6.27. The van der Waals surface area contributed by atoms with Gasteiger partial charge in [-0.05, 0) is 47.1 Å². The zero-order valence-electron chi connectivity index (χ0n) is 9.85. The summed E-state index contributed by atoms with van der Waals surface area (Å²) >= 11 is 9.16. The van der Waals surface area contributed by atoms with Gasteiger partial charge in [-0.25, -0.2) is 9.78 Å². The molecule has 1 aromatic heterocycles. The fourth-order valence-corrected chi connectivity index (χ4v) is 2.26. The van der Waals surface area contributed by atoms with Crippen LogP contribution in [0.4, 0.5) is 0 Å². The highest BCUT2D eigenvalue weighted by atomic mass is 79.9. The van der Waals surface area contributed by atoms with Crippen molar-refractivity contribution < 1.29 is 14.6 Å². The van der Waals surface area contributed by atoms with E-state index in [0.29, 0.717) is 26.8 Å². The number of ether oxygens (including phenoxy) is 1. The molecule has 0 aliphatic carbocycles. The molecule has 0 spiro atoms. The van der Waals surface area contributed by atoms with Gasteiger partial charge in [0.25, 0.3) is 0 Å². The van der Waals surface area contributed by atoms with E-state index >= 15 is 0 Å². The van der Waals surface area contributed by atoms with Crippen LogP contribution in [0.15, 0.2) is 34.8 Å². The highest BCUT2D eigenvalue weighted by molar-refractivity contribution is 9.10. The molecule has 0 bridgehead atoms. The Morgan fingerprint density at radius 1 is 1.37 bits per heavy atom. The zero-order valence-corrected chi connectivity index (χ0v) is 12.2. The fraction of sp³-hybridized carbons (Fsp3) is 0.0769. The summed E-state index contributed by atoms with van der Waals surface area (Å²) in [4.78, 5) is 15.0. The number of carbonyl (C=O) groups is 1. The highest BCUT2D eigenvalue weighted by Gasteiger charge is 2.10. The van der Waals surface area contributed by atoms with Gasteiger partial charge >= 0.3 is 5.97 Å². The average Bonchev–Trinajstić information content (AvgIpc) is 2.32. The predicted octanol–water partition coefficient (Wildman–Crippen LogP) is 4.30. The predicted molar refractivity (Wildman–Crippen MR) is 75.2 cm³/mol. The number of nitrogens with zero attached hydrogens (tertiary/aromatic N) is 1. The number of aromatic carboxylic acids is 1. The molecule has 0 unspecified atom stereocenters. The van der Waals surface area contributed by atoms with Gasteiger partial charge in [0.15, 0.2) is 0 Å². The molecule has 0 amide bonds. The van der Waals surface area contributed by atoms with Crippen LogP contribution < -0.4 is 4.74 Å². The molecule has 0 aliphatic heterocycles. The summed E-state index contributed by atoms with van der Waals surface area (Å²) in [6.07, 6.45) is 0. The molecule has 0 radical (unpaired) electrons. The van der Waals surface area contributed by atoms with E-state index in [1.165, 1.54) is 12.1 Å². The first-order chi connectivity index (χ1) is 8.97. The van der Waals surface area contributed by atoms with Crippen molar-refractivity contribution >= 4 is 33.5 Å². The van der Waals surface area contributed by atoms with E-state index in [4.69, 9.17) is 21.4 Å². The van der Waals surface area contributed by atoms with Crippen molar-refractivity contribution in [1.29, 1.82) is 0 Å². The van der Waals surface area contributed by atoms with Crippen LogP contribution in [-0.2, 0) is 0 Å². The average molecular weight is 343 g/mol. The van der Waals surface area contributed by atoms with Crippen molar-refractivity contribution in [3.8, 4) is 11.6 Å². The first kappa shape index (κ1) is 13.8. The van der Waals surface area contributed by atoms with Crippen LogP contribution >= 0.6 is 27.5 Å². The van der Waals surface area contributed by atoms with E-state index < -0.39 is 5.97 Å². The maximum atomic E-state index is 10.9. The maximum absolute atomic E-state index is 10.9. The van der Waals surface area contributed by atoms with Crippen LogP contribution in [0.25, 0.3) is 0 Å². The molecule has 0 saturated heterocycles. The van der Waals surface area contributed by atoms with Crippen molar-refractivity contribution in [3.05, 3.63) is 51.1 Å². The Hall–Kier alpha value is -1.59. The molecule has 2 rings (SSSR count). The number of carboxylic acids is 1. The Labute approximate surface area is 123 Å². The molecule has 2 aromatic rings. The minimum Gasteiger partial charge on any atom is -0.478 e. The molecule has 4 nitrogen and oxygen atoms in total. The first-order valence-electron chi connectivity index (χ1n) is 5.31. The zero-order chi connectivity index (χ0) is 14.0. The summed E-state index contributed by atoms with van der Waals surface area (Å²) in [5.41, 5.74) is 0.553. The molecule has 0 fully saturated rings. The summed E-state index contributed by atoms with van der Waals surface area (Å²) in [5, 5.41) is 9.51. The van der Waals surface area contributed by atoms with Crippen molar-refractivity contribution in [3.63, 3.8) is 0 Å². The Bertz CT molecular complexity index is 646. The summed E-state index contributed by atoms with van der Waals surface area (Å²) in [5.74, 6) is -0.130. The maximum Gasteiger partial charge on any atom is 0.337 e. The SMILES string of the molecule is Cc1nc(Oc2ccc(Cl)cc2Br)ccc1C(=O)O. The number of aryl methyl sites for hydroxylation is 1. The number of aromatic nitrogens is 1. The lowest BCUT2D eigenvalue weighted by Gasteiger charge is -2.08. The number of rotatable bonds is 3. The largest absolute Gasteiger partial charge is 0.478 e. The van der Waals surface area contributed by atoms with Crippen LogP contribution in [0, 0.1) is 6.92 Å². The third-order valence-corrected chi connectivity index (χ3v) is 3.25. The molecule has 1 aromatic carbocycles. The third kappa shape index (κ3) is 3.24. The fourth-order valence-electron chi connectivity index (χ4n) is 1.49. The quantitative estimate of drug-likeness (QED) is 0.903. The number of benzene rings is 1. The molecular weight excluding hydrogens is 334 g/mol. The van der Waals surface area contributed by atoms with E-state index in [-0.39, 0.29) is 5.56 Å². The van der Waals surface area contributed by atoms with Gasteiger partial charge in [0.2, 0.25) is 5.88 Å². The number of hydrogen-bond acceptors (Lipinski definition) is 3. The number of pyridine rings is 1. The van der Waals surface area contributed by atoms with Gasteiger partial charge < -0.3 is 9.84 Å². The number of hydrogen-bond donors (Lipinski definition) is 1. The molecule has 0 aliphatic rings. The molecule has 19 heavy (non-hydrogen) atoms. The van der Waals surface area contributed by atoms with E-state index in [9.17, 15) is 4.79 Å². The molecule has 1 N–H and O–H groups in total. The first-order valence-corrected chi connectivity index (χ1v) is 6.48. The third-order valence-electron chi connectivity index (χ3n) is 2.40. The van der Waals surface area contributed by atoms with Crippen LogP contribution in [0.5, 0.6) is 11.6 Å². The van der Waals surface area contributed by atoms with Gasteiger partial charge in [-0.1, -0.05) is 11.6 Å². The summed E-state index contributed by atoms with van der Waals surface area (Å²) in [7, 11) is 0. The lowest BCUT2D eigenvalue weighted by Crippen LogP contribution is -2.02. The van der Waals surface area contributed by atoms with Gasteiger partial charge in [-0.2, -0.15) is 0 Å². The van der Waals surface area contributed by atoms with Gasteiger partial charge in [0, 0.05) is 11.1 Å². The second-order valence-corrected chi connectivity index (χ2v) is 5.06. The van der Waals surface area contributed by atoms with Crippen molar-refractivity contribution in [2.45, 2.75) is 6.92 Å². The Morgan fingerprint density at radius 3 is 2.68 bits per heavy atom. The smallest absolute Gasteiger partial charge is 0.337 e. The lowest BCUT2D eigenvalue weighted by atomic mass is 10.2. The van der Waals surface area contributed by atoms with Crippen LogP contribution in [-0.4, -0.2) is 16.1 Å². The lowest BCUT2D eigenvalue weighted by molar-refractivity contribution is 0.0695. The van der Waals surface area contributed by atoms with Crippen molar-refractivity contribution in [2.75, 3.05) is 0 Å². The monoisotopic (exact) mass is 341 g/mol. The number of halogens is 2. The summed E-state index contributed by atoms with van der Waals surface area (Å²) in [6.45, 7) is 1.62. The summed E-state index contributed by atoms with van der Waals surface area (Å²) in [6, 6.07) is 8.07. The molecule has 1 heterocycles. The minimum atomic E-state index is -1.01. The second kappa shape index (κ2) is 5.59. The van der Waals surface area contributed by atoms with Gasteiger partial charge in [-0.3, -0.25) is 0 Å². The molecule has 6 heteroatoms. The highest BCUT2D eigenvalue weighted by Crippen LogP contribution is 2.31. The molecule has 0 saturated carbocycles. The van der Waals surface area contributed by atoms with Gasteiger partial charge in [-0.15, -0.1) is 0 Å². The molecule has 98 valence electrons.